The molecule has 1 atom stereocenters. The van der Waals surface area contributed by atoms with E-state index in [9.17, 15) is 8.42 Å². The number of hydrogen-bond acceptors (Lipinski definition) is 4. The molecule has 1 fully saturated rings. The van der Waals surface area contributed by atoms with Gasteiger partial charge in [-0.15, -0.1) is 0 Å². The number of anilines is 1. The van der Waals surface area contributed by atoms with Crippen LogP contribution >= 0.6 is 0 Å². The fourth-order valence-corrected chi connectivity index (χ4v) is 5.44. The minimum Gasteiger partial charge on any atom is -0.455 e. The van der Waals surface area contributed by atoms with Crippen LogP contribution in [0.3, 0.4) is 0 Å². The molecule has 0 saturated carbocycles. The second-order valence-electron chi connectivity index (χ2n) is 8.72. The summed E-state index contributed by atoms with van der Waals surface area (Å²) in [6.45, 7) is 3.42. The molecule has 0 N–H and O–H groups in total. The molecule has 4 rings (SSSR count). The van der Waals surface area contributed by atoms with E-state index in [0.29, 0.717) is 23.7 Å². The minimum atomic E-state index is -3.47. The van der Waals surface area contributed by atoms with Crippen LogP contribution in [0.2, 0.25) is 0 Å². The van der Waals surface area contributed by atoms with Crippen molar-refractivity contribution in [3.8, 4) is 11.5 Å². The van der Waals surface area contributed by atoms with E-state index in [2.05, 4.69) is 29.2 Å². The predicted octanol–water partition coefficient (Wildman–Crippen LogP) is 5.20. The highest BCUT2D eigenvalue weighted by atomic mass is 32.2. The molecule has 6 heteroatoms. The fraction of sp³-hybridized carbons (Fsp3) is 0.333. The van der Waals surface area contributed by atoms with Crippen LogP contribution in [0.15, 0.2) is 84.9 Å². The Morgan fingerprint density at radius 2 is 1.61 bits per heavy atom. The lowest BCUT2D eigenvalue weighted by atomic mass is 9.97. The third kappa shape index (κ3) is 6.59. The Hall–Kier alpha value is -2.83. The van der Waals surface area contributed by atoms with E-state index in [0.717, 1.165) is 38.9 Å². The van der Waals surface area contributed by atoms with Crippen molar-refractivity contribution in [1.29, 1.82) is 0 Å². The van der Waals surface area contributed by atoms with Crippen molar-refractivity contribution in [1.82, 2.24) is 4.90 Å². The molecule has 1 aliphatic rings. The number of ether oxygens (including phenoxy) is 1. The molecule has 3 aromatic carbocycles. The topological polar surface area (TPSA) is 49.9 Å². The summed E-state index contributed by atoms with van der Waals surface area (Å²) in [7, 11) is -3.47. The molecule has 0 bridgehead atoms. The van der Waals surface area contributed by atoms with Gasteiger partial charge in [-0.1, -0.05) is 60.7 Å². The van der Waals surface area contributed by atoms with Gasteiger partial charge in [0.15, 0.2) is 5.75 Å². The summed E-state index contributed by atoms with van der Waals surface area (Å²) in [5.41, 5.74) is 1.93. The molecule has 33 heavy (non-hydrogen) atoms. The summed E-state index contributed by atoms with van der Waals surface area (Å²) in [6, 6.07) is 27.4. The first-order valence-corrected chi connectivity index (χ1v) is 13.4. The van der Waals surface area contributed by atoms with Crippen molar-refractivity contribution in [3.05, 3.63) is 90.5 Å². The molecule has 3 aromatic rings. The highest BCUT2D eigenvalue weighted by Crippen LogP contribution is 2.34. The van der Waals surface area contributed by atoms with Gasteiger partial charge in [-0.25, -0.2) is 8.42 Å². The minimum absolute atomic E-state index is 0.272. The van der Waals surface area contributed by atoms with Crippen LogP contribution < -0.4 is 9.04 Å². The molecule has 0 radical (unpaired) electrons. The fourth-order valence-electron chi connectivity index (χ4n) is 4.45. The van der Waals surface area contributed by atoms with Crippen molar-refractivity contribution in [2.75, 3.05) is 36.7 Å². The van der Waals surface area contributed by atoms with Gasteiger partial charge in [-0.2, -0.15) is 0 Å². The normalized spacial score (nSPS) is 16.9. The molecular formula is C27H32N2O3S. The number of piperidine rings is 1. The Morgan fingerprint density at radius 1 is 0.939 bits per heavy atom. The molecule has 0 aromatic heterocycles. The number of para-hydroxylation sites is 3. The van der Waals surface area contributed by atoms with Crippen molar-refractivity contribution in [2.45, 2.75) is 19.3 Å². The predicted molar refractivity (Wildman–Crippen MR) is 134 cm³/mol. The van der Waals surface area contributed by atoms with Crippen molar-refractivity contribution in [2.24, 2.45) is 5.92 Å². The molecule has 174 valence electrons. The van der Waals surface area contributed by atoms with Crippen LogP contribution in [-0.2, 0) is 16.4 Å². The average molecular weight is 465 g/mol. The van der Waals surface area contributed by atoms with Crippen molar-refractivity contribution >= 4 is 15.7 Å². The molecule has 1 saturated heterocycles. The Labute approximate surface area is 197 Å². The van der Waals surface area contributed by atoms with E-state index >= 15 is 0 Å². The zero-order valence-electron chi connectivity index (χ0n) is 19.1. The van der Waals surface area contributed by atoms with Gasteiger partial charge in [0.05, 0.1) is 11.9 Å². The van der Waals surface area contributed by atoms with E-state index in [1.807, 2.05) is 60.7 Å². The molecule has 0 spiro atoms. The monoisotopic (exact) mass is 464 g/mol. The quantitative estimate of drug-likeness (QED) is 0.437. The Bertz CT molecular complexity index is 1120. The van der Waals surface area contributed by atoms with Gasteiger partial charge >= 0.3 is 0 Å². The summed E-state index contributed by atoms with van der Waals surface area (Å²) in [4.78, 5) is 2.47. The first-order valence-electron chi connectivity index (χ1n) is 11.5. The van der Waals surface area contributed by atoms with Gasteiger partial charge in [0.2, 0.25) is 10.0 Å². The van der Waals surface area contributed by atoms with Gasteiger partial charge in [-0.05, 0) is 61.6 Å². The van der Waals surface area contributed by atoms with Crippen LogP contribution in [0.4, 0.5) is 5.69 Å². The molecule has 1 unspecified atom stereocenters. The SMILES string of the molecule is CS(=O)(=O)N(CC1CCCN(CCc2ccccc2)C1)c1ccccc1Oc1ccccc1. The Kier molecular flexibility index (Phi) is 7.68. The number of benzene rings is 3. The maximum atomic E-state index is 12.9. The standard InChI is InChI=1S/C27H32N2O3S/c1-33(30,31)29(26-16-8-9-17-27(26)32-25-14-6-3-7-15-25)22-24-13-10-19-28(21-24)20-18-23-11-4-2-5-12-23/h2-9,11-12,14-17,24H,10,13,18-22H2,1H3. The van der Waals surface area contributed by atoms with E-state index in [1.54, 1.807) is 0 Å². The van der Waals surface area contributed by atoms with Gasteiger partial charge in [0.1, 0.15) is 5.75 Å². The van der Waals surface area contributed by atoms with Gasteiger partial charge in [-0.3, -0.25) is 4.31 Å². The maximum absolute atomic E-state index is 12.9. The van der Waals surface area contributed by atoms with E-state index < -0.39 is 10.0 Å². The number of sulfonamides is 1. The molecular weight excluding hydrogens is 432 g/mol. The zero-order valence-corrected chi connectivity index (χ0v) is 20.0. The number of rotatable bonds is 9. The molecule has 0 amide bonds. The lowest BCUT2D eigenvalue weighted by Crippen LogP contribution is -2.43. The Morgan fingerprint density at radius 3 is 2.33 bits per heavy atom. The molecule has 1 aliphatic heterocycles. The van der Waals surface area contributed by atoms with E-state index in [-0.39, 0.29) is 5.92 Å². The highest BCUT2D eigenvalue weighted by molar-refractivity contribution is 7.92. The molecule has 0 aliphatic carbocycles. The van der Waals surface area contributed by atoms with Crippen LogP contribution in [0.1, 0.15) is 18.4 Å². The molecule has 1 heterocycles. The number of hydrogen-bond donors (Lipinski definition) is 0. The second-order valence-corrected chi connectivity index (χ2v) is 10.6. The third-order valence-electron chi connectivity index (χ3n) is 6.09. The molecule has 5 nitrogen and oxygen atoms in total. The number of likely N-dealkylation sites (tertiary alicyclic amines) is 1. The largest absolute Gasteiger partial charge is 0.455 e. The third-order valence-corrected chi connectivity index (χ3v) is 7.24. The summed E-state index contributed by atoms with van der Waals surface area (Å²) in [6.07, 6.45) is 4.40. The highest BCUT2D eigenvalue weighted by Gasteiger charge is 2.28. The van der Waals surface area contributed by atoms with Crippen LogP contribution in [-0.4, -0.2) is 45.8 Å². The maximum Gasteiger partial charge on any atom is 0.232 e. The number of nitrogens with zero attached hydrogens (tertiary/aromatic N) is 2. The first-order chi connectivity index (χ1) is 16.0. The zero-order chi connectivity index (χ0) is 23.1. The van der Waals surface area contributed by atoms with Crippen LogP contribution in [0, 0.1) is 5.92 Å². The van der Waals surface area contributed by atoms with Crippen LogP contribution in [0.25, 0.3) is 0 Å². The van der Waals surface area contributed by atoms with Crippen molar-refractivity contribution < 1.29 is 13.2 Å². The lowest BCUT2D eigenvalue weighted by molar-refractivity contribution is 0.180. The van der Waals surface area contributed by atoms with E-state index in [1.165, 1.54) is 16.1 Å². The Balaban J connectivity index is 1.47. The smallest absolute Gasteiger partial charge is 0.232 e. The van der Waals surface area contributed by atoms with Crippen LogP contribution in [0.5, 0.6) is 11.5 Å². The van der Waals surface area contributed by atoms with Crippen molar-refractivity contribution in [3.63, 3.8) is 0 Å². The van der Waals surface area contributed by atoms with Gasteiger partial charge in [0.25, 0.3) is 0 Å². The summed E-state index contributed by atoms with van der Waals surface area (Å²) in [5.74, 6) is 1.50. The summed E-state index contributed by atoms with van der Waals surface area (Å²) in [5, 5.41) is 0. The van der Waals surface area contributed by atoms with Gasteiger partial charge < -0.3 is 9.64 Å². The first kappa shape index (κ1) is 23.3. The van der Waals surface area contributed by atoms with Gasteiger partial charge in [0, 0.05) is 19.6 Å². The second kappa shape index (κ2) is 10.9. The van der Waals surface area contributed by atoms with E-state index in [4.69, 9.17) is 4.74 Å². The summed E-state index contributed by atoms with van der Waals surface area (Å²) >= 11 is 0. The average Bonchev–Trinajstić information content (AvgIpc) is 2.83. The lowest BCUT2D eigenvalue weighted by Gasteiger charge is -2.36. The summed E-state index contributed by atoms with van der Waals surface area (Å²) < 4.78 is 33.3.